The zero-order chi connectivity index (χ0) is 19.1. The number of aromatic nitrogens is 3. The maximum atomic E-state index is 13.1. The molecule has 6 heteroatoms. The lowest BCUT2D eigenvalue weighted by atomic mass is 10.0. The van der Waals surface area contributed by atoms with Crippen LogP contribution >= 0.6 is 0 Å². The van der Waals surface area contributed by atoms with E-state index in [9.17, 15) is 4.79 Å². The standard InChI is InChI=1S/C21H26N4O2/c1-5-15-13(3)22-20-17-11-24(12-18(17)23-25(20)14(15)4)21(26)16-9-7-8-10-19(16)27-6-2/h7,9H,5-6,8,10-12H2,1-4H3. The summed E-state index contributed by atoms with van der Waals surface area (Å²) in [6, 6.07) is 0. The van der Waals surface area contributed by atoms with Crippen LogP contribution in [0.25, 0.3) is 5.65 Å². The van der Waals surface area contributed by atoms with Gasteiger partial charge in [0.2, 0.25) is 0 Å². The Labute approximate surface area is 159 Å². The van der Waals surface area contributed by atoms with Crippen molar-refractivity contribution in [3.05, 3.63) is 51.7 Å². The molecular weight excluding hydrogens is 340 g/mol. The normalized spacial score (nSPS) is 16.4. The van der Waals surface area contributed by atoms with Crippen LogP contribution in [0.15, 0.2) is 23.5 Å². The van der Waals surface area contributed by atoms with Gasteiger partial charge < -0.3 is 9.64 Å². The number of fused-ring (bicyclic) bond motifs is 3. The number of carbonyl (C=O) groups is 1. The maximum Gasteiger partial charge on any atom is 0.257 e. The molecule has 1 amide bonds. The lowest BCUT2D eigenvalue weighted by Crippen LogP contribution is -2.28. The molecule has 1 aliphatic heterocycles. The second-order valence-electron chi connectivity index (χ2n) is 7.15. The number of hydrogen-bond donors (Lipinski definition) is 0. The van der Waals surface area contributed by atoms with E-state index in [4.69, 9.17) is 14.8 Å². The average molecular weight is 366 g/mol. The molecule has 0 fully saturated rings. The summed E-state index contributed by atoms with van der Waals surface area (Å²) >= 11 is 0. The van der Waals surface area contributed by atoms with Crippen molar-refractivity contribution in [2.75, 3.05) is 6.61 Å². The van der Waals surface area contributed by atoms with Gasteiger partial charge in [0.1, 0.15) is 5.76 Å². The molecule has 6 nitrogen and oxygen atoms in total. The smallest absolute Gasteiger partial charge is 0.257 e. The van der Waals surface area contributed by atoms with Crippen LogP contribution in [0.3, 0.4) is 0 Å². The van der Waals surface area contributed by atoms with Crippen LogP contribution in [-0.4, -0.2) is 32.0 Å². The highest BCUT2D eigenvalue weighted by Gasteiger charge is 2.32. The van der Waals surface area contributed by atoms with E-state index < -0.39 is 0 Å². The van der Waals surface area contributed by atoms with E-state index in [0.29, 0.717) is 25.3 Å². The van der Waals surface area contributed by atoms with Crippen LogP contribution < -0.4 is 0 Å². The molecule has 0 N–H and O–H groups in total. The summed E-state index contributed by atoms with van der Waals surface area (Å²) in [6.07, 6.45) is 6.59. The molecule has 0 spiro atoms. The summed E-state index contributed by atoms with van der Waals surface area (Å²) in [7, 11) is 0. The molecule has 0 atom stereocenters. The van der Waals surface area contributed by atoms with Gasteiger partial charge in [-0.1, -0.05) is 19.1 Å². The summed E-state index contributed by atoms with van der Waals surface area (Å²) < 4.78 is 7.66. The SMILES string of the molecule is CCOC1=C(C(=O)N2Cc3nn4c(C)c(CC)c(C)nc4c3C2)C=CCC1. The Hall–Kier alpha value is -2.63. The van der Waals surface area contributed by atoms with Crippen molar-refractivity contribution in [3.63, 3.8) is 0 Å². The van der Waals surface area contributed by atoms with Crippen LogP contribution in [0.1, 0.15) is 54.9 Å². The third-order valence-corrected chi connectivity index (χ3v) is 5.51. The number of ether oxygens (including phenoxy) is 1. The van der Waals surface area contributed by atoms with Gasteiger partial charge in [0.05, 0.1) is 31.0 Å². The molecule has 0 saturated heterocycles. The first-order valence-electron chi connectivity index (χ1n) is 9.73. The second-order valence-corrected chi connectivity index (χ2v) is 7.15. The van der Waals surface area contributed by atoms with Gasteiger partial charge in [0.25, 0.3) is 5.91 Å². The summed E-state index contributed by atoms with van der Waals surface area (Å²) in [5.41, 5.74) is 7.01. The van der Waals surface area contributed by atoms with E-state index in [0.717, 1.165) is 53.3 Å². The average Bonchev–Trinajstić information content (AvgIpc) is 3.21. The Morgan fingerprint density at radius 1 is 1.26 bits per heavy atom. The molecule has 4 rings (SSSR count). The predicted octanol–water partition coefficient (Wildman–Crippen LogP) is 3.39. The van der Waals surface area contributed by atoms with E-state index in [2.05, 4.69) is 20.8 Å². The number of carbonyl (C=O) groups excluding carboxylic acids is 1. The van der Waals surface area contributed by atoms with E-state index in [-0.39, 0.29) is 5.91 Å². The first kappa shape index (κ1) is 17.8. The molecule has 2 aromatic rings. The quantitative estimate of drug-likeness (QED) is 0.832. The fourth-order valence-corrected chi connectivity index (χ4v) is 4.15. The maximum absolute atomic E-state index is 13.1. The van der Waals surface area contributed by atoms with E-state index in [1.807, 2.05) is 28.5 Å². The van der Waals surface area contributed by atoms with Crippen molar-refractivity contribution < 1.29 is 9.53 Å². The van der Waals surface area contributed by atoms with Gasteiger partial charge in [-0.05, 0) is 39.2 Å². The Morgan fingerprint density at radius 3 is 2.81 bits per heavy atom. The minimum absolute atomic E-state index is 0.0178. The molecule has 1 aliphatic carbocycles. The fourth-order valence-electron chi connectivity index (χ4n) is 4.15. The Kier molecular flexibility index (Phi) is 4.50. The van der Waals surface area contributed by atoms with E-state index in [1.165, 1.54) is 5.56 Å². The third kappa shape index (κ3) is 2.83. The number of aryl methyl sites for hydroxylation is 2. The van der Waals surface area contributed by atoms with Crippen LogP contribution in [0.5, 0.6) is 0 Å². The van der Waals surface area contributed by atoms with Crippen LogP contribution in [0.2, 0.25) is 0 Å². The summed E-state index contributed by atoms with van der Waals surface area (Å²) in [5.74, 6) is 0.824. The first-order chi connectivity index (χ1) is 13.0. The van der Waals surface area contributed by atoms with Crippen molar-refractivity contribution in [1.82, 2.24) is 19.5 Å². The van der Waals surface area contributed by atoms with Crippen molar-refractivity contribution in [2.24, 2.45) is 0 Å². The van der Waals surface area contributed by atoms with Crippen molar-refractivity contribution >= 4 is 11.6 Å². The highest BCUT2D eigenvalue weighted by Crippen LogP contribution is 2.30. The van der Waals surface area contributed by atoms with Gasteiger partial charge in [0.15, 0.2) is 5.65 Å². The topological polar surface area (TPSA) is 59.7 Å². The molecule has 0 unspecified atom stereocenters. The number of nitrogens with zero attached hydrogens (tertiary/aromatic N) is 4. The molecule has 2 aromatic heterocycles. The van der Waals surface area contributed by atoms with Gasteiger partial charge in [-0.15, -0.1) is 0 Å². The second kappa shape index (κ2) is 6.83. The summed E-state index contributed by atoms with van der Waals surface area (Å²) in [4.78, 5) is 19.8. The van der Waals surface area contributed by atoms with Crippen molar-refractivity contribution in [2.45, 2.75) is 60.0 Å². The monoisotopic (exact) mass is 366 g/mol. The zero-order valence-corrected chi connectivity index (χ0v) is 16.5. The van der Waals surface area contributed by atoms with Crippen LogP contribution in [0.4, 0.5) is 0 Å². The van der Waals surface area contributed by atoms with Gasteiger partial charge in [-0.25, -0.2) is 9.50 Å². The Morgan fingerprint density at radius 2 is 2.07 bits per heavy atom. The summed E-state index contributed by atoms with van der Waals surface area (Å²) in [5, 5.41) is 4.77. The molecular formula is C21H26N4O2. The molecule has 0 aromatic carbocycles. The number of amides is 1. The lowest BCUT2D eigenvalue weighted by Gasteiger charge is -2.21. The molecule has 27 heavy (non-hydrogen) atoms. The number of hydrogen-bond acceptors (Lipinski definition) is 4. The lowest BCUT2D eigenvalue weighted by molar-refractivity contribution is -0.127. The highest BCUT2D eigenvalue weighted by molar-refractivity contribution is 5.97. The van der Waals surface area contributed by atoms with Gasteiger partial charge in [-0.3, -0.25) is 4.79 Å². The van der Waals surface area contributed by atoms with Gasteiger partial charge in [0, 0.05) is 23.4 Å². The molecule has 2 aliphatic rings. The zero-order valence-electron chi connectivity index (χ0n) is 16.5. The Bertz CT molecular complexity index is 984. The number of rotatable bonds is 4. The molecule has 3 heterocycles. The van der Waals surface area contributed by atoms with Gasteiger partial charge in [-0.2, -0.15) is 5.10 Å². The minimum Gasteiger partial charge on any atom is -0.497 e. The fraction of sp³-hybridized carbons (Fsp3) is 0.476. The third-order valence-electron chi connectivity index (χ3n) is 5.51. The molecule has 0 bridgehead atoms. The van der Waals surface area contributed by atoms with E-state index >= 15 is 0 Å². The molecule has 0 radical (unpaired) electrons. The van der Waals surface area contributed by atoms with Crippen molar-refractivity contribution in [3.8, 4) is 0 Å². The minimum atomic E-state index is 0.0178. The van der Waals surface area contributed by atoms with Gasteiger partial charge >= 0.3 is 0 Å². The van der Waals surface area contributed by atoms with Crippen LogP contribution in [-0.2, 0) is 29.0 Å². The summed E-state index contributed by atoms with van der Waals surface area (Å²) in [6.45, 7) is 9.89. The molecule has 142 valence electrons. The van der Waals surface area contributed by atoms with E-state index in [1.54, 1.807) is 0 Å². The predicted molar refractivity (Wildman–Crippen MR) is 103 cm³/mol. The highest BCUT2D eigenvalue weighted by atomic mass is 16.5. The molecule has 0 saturated carbocycles. The number of allylic oxidation sites excluding steroid dienone is 2. The largest absolute Gasteiger partial charge is 0.497 e. The Balaban J connectivity index is 1.67. The van der Waals surface area contributed by atoms with Crippen molar-refractivity contribution in [1.29, 1.82) is 0 Å². The first-order valence-corrected chi connectivity index (χ1v) is 9.73. The van der Waals surface area contributed by atoms with Crippen LogP contribution in [0, 0.1) is 13.8 Å².